The van der Waals surface area contributed by atoms with Gasteiger partial charge in [-0.05, 0) is 42.5 Å². The van der Waals surface area contributed by atoms with Gasteiger partial charge in [-0.1, -0.05) is 0 Å². The van der Waals surface area contributed by atoms with Gasteiger partial charge in [0.25, 0.3) is 0 Å². The lowest BCUT2D eigenvalue weighted by Gasteiger charge is -2.09. The number of benzene rings is 2. The highest BCUT2D eigenvalue weighted by Gasteiger charge is 2.06. The number of nitrogens with one attached hydrogen (secondary N) is 5. The van der Waals surface area contributed by atoms with Gasteiger partial charge in [-0.3, -0.25) is 4.79 Å². The number of anilines is 2. The molecule has 140 valence electrons. The summed E-state index contributed by atoms with van der Waals surface area (Å²) >= 11 is 0. The molecule has 3 aromatic rings. The Bertz CT molecular complexity index is 1010. The first kappa shape index (κ1) is 18.1. The van der Waals surface area contributed by atoms with Crippen LogP contribution < -0.4 is 26.4 Å². The van der Waals surface area contributed by atoms with Crippen LogP contribution in [0, 0.1) is 0 Å². The van der Waals surface area contributed by atoms with Crippen LogP contribution in [-0.4, -0.2) is 35.6 Å². The number of amides is 3. The van der Waals surface area contributed by atoms with Crippen LogP contribution in [0.2, 0.25) is 0 Å². The second-order valence-corrected chi connectivity index (χ2v) is 5.75. The molecule has 0 atom stereocenters. The van der Waals surface area contributed by atoms with Crippen LogP contribution in [0.25, 0.3) is 11.0 Å². The Morgan fingerprint density at radius 3 is 2.41 bits per heavy atom. The number of imidazole rings is 1. The van der Waals surface area contributed by atoms with Crippen molar-refractivity contribution in [1.82, 2.24) is 15.3 Å². The molecule has 0 bridgehead atoms. The second-order valence-electron chi connectivity index (χ2n) is 5.75. The van der Waals surface area contributed by atoms with Crippen molar-refractivity contribution in [1.29, 1.82) is 0 Å². The van der Waals surface area contributed by atoms with E-state index in [9.17, 15) is 14.4 Å². The number of hydrogen-bond donors (Lipinski definition) is 5. The minimum atomic E-state index is -0.403. The fourth-order valence-corrected chi connectivity index (χ4v) is 2.47. The summed E-state index contributed by atoms with van der Waals surface area (Å²) in [5.74, 6) is 0.441. The van der Waals surface area contributed by atoms with Crippen LogP contribution in [-0.2, 0) is 4.79 Å². The molecule has 1 heterocycles. The molecule has 9 nitrogen and oxygen atoms in total. The Balaban J connectivity index is 1.43. The Morgan fingerprint density at radius 1 is 0.963 bits per heavy atom. The largest absolute Gasteiger partial charge is 0.497 e. The molecule has 2 aromatic carbocycles. The zero-order chi connectivity index (χ0) is 19.2. The molecule has 3 amide bonds. The minimum Gasteiger partial charge on any atom is -0.497 e. The first-order chi connectivity index (χ1) is 13.0. The van der Waals surface area contributed by atoms with E-state index in [1.807, 2.05) is 0 Å². The van der Waals surface area contributed by atoms with E-state index in [1.165, 1.54) is 0 Å². The van der Waals surface area contributed by atoms with Crippen LogP contribution in [0.1, 0.15) is 6.42 Å². The van der Waals surface area contributed by atoms with Crippen molar-refractivity contribution < 1.29 is 14.3 Å². The third kappa shape index (κ3) is 4.88. The number of aromatic nitrogens is 2. The maximum Gasteiger partial charge on any atom is 0.323 e. The summed E-state index contributed by atoms with van der Waals surface area (Å²) in [6, 6.07) is 11.5. The molecule has 0 radical (unpaired) electrons. The standard InChI is InChI=1S/C18H19N5O4/c1-27-13-5-2-11(3-6-13)21-17(25)19-9-8-16(24)20-12-4-7-14-15(10-12)23-18(26)22-14/h2-7,10H,8-9H2,1H3,(H,20,24)(H2,19,21,25)(H2,22,23,26). The van der Waals surface area contributed by atoms with Crippen molar-refractivity contribution >= 4 is 34.3 Å². The molecule has 0 unspecified atom stereocenters. The SMILES string of the molecule is COc1ccc(NC(=O)NCCC(=O)Nc2ccc3[nH]c(=O)[nH]c3c2)cc1. The van der Waals surface area contributed by atoms with Gasteiger partial charge >= 0.3 is 11.7 Å². The third-order valence-electron chi connectivity index (χ3n) is 3.79. The van der Waals surface area contributed by atoms with Gasteiger partial charge in [0.2, 0.25) is 5.91 Å². The minimum absolute atomic E-state index is 0.109. The Hall–Kier alpha value is -3.75. The molecule has 1 aromatic heterocycles. The van der Waals surface area contributed by atoms with Crippen LogP contribution in [0.5, 0.6) is 5.75 Å². The highest BCUT2D eigenvalue weighted by atomic mass is 16.5. The van der Waals surface area contributed by atoms with Gasteiger partial charge < -0.3 is 30.7 Å². The van der Waals surface area contributed by atoms with Crippen molar-refractivity contribution in [3.8, 4) is 5.75 Å². The highest BCUT2D eigenvalue weighted by molar-refractivity contribution is 5.94. The molecule has 0 spiro atoms. The van der Waals surface area contributed by atoms with E-state index >= 15 is 0 Å². The van der Waals surface area contributed by atoms with E-state index in [0.717, 1.165) is 0 Å². The van der Waals surface area contributed by atoms with Gasteiger partial charge in [0.1, 0.15) is 5.75 Å². The maximum atomic E-state index is 12.0. The topological polar surface area (TPSA) is 128 Å². The lowest BCUT2D eigenvalue weighted by Crippen LogP contribution is -2.31. The van der Waals surface area contributed by atoms with Gasteiger partial charge in [0, 0.05) is 24.3 Å². The van der Waals surface area contributed by atoms with E-state index < -0.39 is 6.03 Å². The Kier molecular flexibility index (Phi) is 5.41. The van der Waals surface area contributed by atoms with E-state index in [4.69, 9.17) is 4.74 Å². The number of ether oxygens (including phenoxy) is 1. The van der Waals surface area contributed by atoms with Gasteiger partial charge in [-0.2, -0.15) is 0 Å². The van der Waals surface area contributed by atoms with E-state index in [-0.39, 0.29) is 24.6 Å². The third-order valence-corrected chi connectivity index (χ3v) is 3.79. The number of carbonyl (C=O) groups excluding carboxylic acids is 2. The second kappa shape index (κ2) is 8.09. The molecule has 0 fully saturated rings. The molecular weight excluding hydrogens is 350 g/mol. The summed E-state index contributed by atoms with van der Waals surface area (Å²) < 4.78 is 5.05. The van der Waals surface area contributed by atoms with E-state index in [1.54, 1.807) is 49.6 Å². The molecule has 27 heavy (non-hydrogen) atoms. The smallest absolute Gasteiger partial charge is 0.323 e. The number of methoxy groups -OCH3 is 1. The first-order valence-corrected chi connectivity index (χ1v) is 8.24. The number of carbonyl (C=O) groups is 2. The van der Waals surface area contributed by atoms with Crippen LogP contribution >= 0.6 is 0 Å². The summed E-state index contributed by atoms with van der Waals surface area (Å²) in [6.07, 6.45) is 0.109. The van der Waals surface area contributed by atoms with E-state index in [0.29, 0.717) is 28.2 Å². The molecule has 3 rings (SSSR count). The molecule has 0 aliphatic rings. The van der Waals surface area contributed by atoms with Gasteiger partial charge in [-0.15, -0.1) is 0 Å². The number of urea groups is 1. The zero-order valence-electron chi connectivity index (χ0n) is 14.6. The van der Waals surface area contributed by atoms with Crippen LogP contribution in [0.4, 0.5) is 16.2 Å². The summed E-state index contributed by atoms with van der Waals surface area (Å²) in [5.41, 5.74) is 2.14. The molecule has 0 saturated carbocycles. The molecule has 0 aliphatic heterocycles. The monoisotopic (exact) mass is 369 g/mol. The maximum absolute atomic E-state index is 12.0. The Labute approximate surface area is 154 Å². The number of H-pyrrole nitrogens is 2. The van der Waals surface area contributed by atoms with Gasteiger partial charge in [0.05, 0.1) is 18.1 Å². The fourth-order valence-electron chi connectivity index (χ4n) is 2.47. The van der Waals surface area contributed by atoms with Crippen molar-refractivity contribution in [3.63, 3.8) is 0 Å². The molecular formula is C18H19N5O4. The quantitative estimate of drug-likeness (QED) is 0.455. The predicted octanol–water partition coefficient (Wildman–Crippen LogP) is 2.02. The molecule has 9 heteroatoms. The molecule has 0 aliphatic carbocycles. The number of aromatic amines is 2. The lowest BCUT2D eigenvalue weighted by molar-refractivity contribution is -0.116. The van der Waals surface area contributed by atoms with Crippen LogP contribution in [0.3, 0.4) is 0 Å². The summed E-state index contributed by atoms with van der Waals surface area (Å²) in [7, 11) is 1.57. The number of hydrogen-bond acceptors (Lipinski definition) is 4. The van der Waals surface area contributed by atoms with Crippen molar-refractivity contribution in [2.45, 2.75) is 6.42 Å². The summed E-state index contributed by atoms with van der Waals surface area (Å²) in [6.45, 7) is 0.178. The predicted molar refractivity (Wildman–Crippen MR) is 102 cm³/mol. The molecule has 5 N–H and O–H groups in total. The normalized spacial score (nSPS) is 10.4. The number of fused-ring (bicyclic) bond motifs is 1. The Morgan fingerprint density at radius 2 is 1.67 bits per heavy atom. The summed E-state index contributed by atoms with van der Waals surface area (Å²) in [5, 5.41) is 8.00. The zero-order valence-corrected chi connectivity index (χ0v) is 14.6. The highest BCUT2D eigenvalue weighted by Crippen LogP contribution is 2.15. The van der Waals surface area contributed by atoms with E-state index in [2.05, 4.69) is 25.9 Å². The fraction of sp³-hybridized carbons (Fsp3) is 0.167. The summed E-state index contributed by atoms with van der Waals surface area (Å²) in [4.78, 5) is 40.3. The lowest BCUT2D eigenvalue weighted by atomic mass is 10.2. The van der Waals surface area contributed by atoms with Gasteiger partial charge in [0.15, 0.2) is 0 Å². The average Bonchev–Trinajstić information content (AvgIpc) is 3.01. The van der Waals surface area contributed by atoms with Crippen molar-refractivity contribution in [2.75, 3.05) is 24.3 Å². The average molecular weight is 369 g/mol. The van der Waals surface area contributed by atoms with Crippen LogP contribution in [0.15, 0.2) is 47.3 Å². The number of rotatable bonds is 6. The van der Waals surface area contributed by atoms with Crippen molar-refractivity contribution in [2.24, 2.45) is 0 Å². The first-order valence-electron chi connectivity index (χ1n) is 8.24. The molecule has 0 saturated heterocycles. The van der Waals surface area contributed by atoms with Gasteiger partial charge in [-0.25, -0.2) is 9.59 Å². The van der Waals surface area contributed by atoms with Crippen molar-refractivity contribution in [3.05, 3.63) is 52.9 Å².